The molecule has 1 heterocycles. The van der Waals surface area contributed by atoms with E-state index >= 15 is 0 Å². The lowest BCUT2D eigenvalue weighted by Gasteiger charge is -2.31. The maximum Gasteiger partial charge on any atom is 0.246 e. The number of carbonyl (C=O) groups excluding carboxylic acids is 2. The summed E-state index contributed by atoms with van der Waals surface area (Å²) in [5, 5.41) is 5.44. The Hall–Kier alpha value is -3.11. The lowest BCUT2D eigenvalue weighted by Crippen LogP contribution is -2.49. The summed E-state index contributed by atoms with van der Waals surface area (Å²) >= 11 is 0. The third-order valence-corrected chi connectivity index (χ3v) is 7.45. The molecular weight excluding hydrogens is 446 g/mol. The molecule has 2 amide bonds. The van der Waals surface area contributed by atoms with Crippen molar-refractivity contribution in [1.82, 2.24) is 9.62 Å². The van der Waals surface area contributed by atoms with Gasteiger partial charge in [0.1, 0.15) is 17.5 Å². The molecule has 1 saturated heterocycles. The van der Waals surface area contributed by atoms with Gasteiger partial charge in [-0.2, -0.15) is 4.31 Å². The van der Waals surface area contributed by atoms with E-state index in [1.807, 2.05) is 0 Å². The third-order valence-electron chi connectivity index (χ3n) is 5.57. The van der Waals surface area contributed by atoms with Crippen molar-refractivity contribution in [3.05, 3.63) is 48.5 Å². The molecule has 9 nitrogen and oxygen atoms in total. The van der Waals surface area contributed by atoms with Crippen LogP contribution in [0.2, 0.25) is 0 Å². The van der Waals surface area contributed by atoms with E-state index in [1.165, 1.54) is 30.7 Å². The zero-order valence-electron chi connectivity index (χ0n) is 18.9. The lowest BCUT2D eigenvalue weighted by molar-refractivity contribution is -0.129. The molecule has 0 saturated carbocycles. The van der Waals surface area contributed by atoms with E-state index < -0.39 is 27.9 Å². The van der Waals surface area contributed by atoms with Gasteiger partial charge >= 0.3 is 0 Å². The number of hydrogen-bond acceptors (Lipinski definition) is 6. The minimum absolute atomic E-state index is 0.0566. The monoisotopic (exact) mass is 475 g/mol. The van der Waals surface area contributed by atoms with Crippen LogP contribution in [0.1, 0.15) is 19.8 Å². The van der Waals surface area contributed by atoms with E-state index in [4.69, 9.17) is 9.47 Å². The Labute approximate surface area is 194 Å². The van der Waals surface area contributed by atoms with Crippen molar-refractivity contribution in [1.29, 1.82) is 0 Å². The van der Waals surface area contributed by atoms with E-state index in [-0.39, 0.29) is 17.3 Å². The molecule has 1 aliphatic rings. The normalized spacial score (nSPS) is 17.6. The molecule has 3 rings (SSSR count). The molecule has 2 atom stereocenters. The highest BCUT2D eigenvalue weighted by Gasteiger charge is 2.34. The Morgan fingerprint density at radius 3 is 2.42 bits per heavy atom. The Kier molecular flexibility index (Phi) is 7.93. The summed E-state index contributed by atoms with van der Waals surface area (Å²) in [6, 6.07) is 12.3. The topological polar surface area (TPSA) is 114 Å². The van der Waals surface area contributed by atoms with Gasteiger partial charge in [-0.05, 0) is 56.2 Å². The molecule has 0 radical (unpaired) electrons. The second kappa shape index (κ2) is 10.7. The summed E-state index contributed by atoms with van der Waals surface area (Å²) in [5.74, 6) is -0.228. The molecule has 0 bridgehead atoms. The van der Waals surface area contributed by atoms with E-state index in [9.17, 15) is 18.0 Å². The van der Waals surface area contributed by atoms with Gasteiger partial charge in [-0.15, -0.1) is 0 Å². The molecule has 2 aromatic rings. The van der Waals surface area contributed by atoms with Crippen molar-refractivity contribution in [3.63, 3.8) is 0 Å². The molecule has 2 unspecified atom stereocenters. The minimum Gasteiger partial charge on any atom is -0.497 e. The minimum atomic E-state index is -3.74. The zero-order chi connectivity index (χ0) is 24.0. The Balaban J connectivity index is 1.62. The summed E-state index contributed by atoms with van der Waals surface area (Å²) in [5.41, 5.74) is 0.500. The number of benzene rings is 2. The zero-order valence-corrected chi connectivity index (χ0v) is 19.7. The van der Waals surface area contributed by atoms with Gasteiger partial charge in [0, 0.05) is 13.1 Å². The number of amides is 2. The maximum absolute atomic E-state index is 13.0. The molecule has 178 valence electrons. The van der Waals surface area contributed by atoms with Gasteiger partial charge in [0.25, 0.3) is 0 Å². The maximum atomic E-state index is 13.0. The van der Waals surface area contributed by atoms with Crippen LogP contribution < -0.4 is 20.1 Å². The van der Waals surface area contributed by atoms with Gasteiger partial charge in [-0.25, -0.2) is 8.42 Å². The van der Waals surface area contributed by atoms with Crippen molar-refractivity contribution < 1.29 is 27.5 Å². The summed E-state index contributed by atoms with van der Waals surface area (Å²) < 4.78 is 37.7. The van der Waals surface area contributed by atoms with Crippen molar-refractivity contribution in [2.75, 3.05) is 32.6 Å². The SMILES string of the molecule is COc1ccc(S(=O)(=O)N2CCCC(C(=O)NC(C)C(=O)Nc3ccccc3OC)C2)cc1. The fourth-order valence-corrected chi connectivity index (χ4v) is 5.18. The third kappa shape index (κ3) is 5.82. The van der Waals surface area contributed by atoms with E-state index in [0.29, 0.717) is 36.6 Å². The summed E-state index contributed by atoms with van der Waals surface area (Å²) in [4.78, 5) is 25.5. The van der Waals surface area contributed by atoms with Crippen LogP contribution in [0.5, 0.6) is 11.5 Å². The fourth-order valence-electron chi connectivity index (χ4n) is 3.66. The van der Waals surface area contributed by atoms with Crippen LogP contribution in [0.25, 0.3) is 0 Å². The quantitative estimate of drug-likeness (QED) is 0.605. The number of hydrogen-bond donors (Lipinski definition) is 2. The standard InChI is InChI=1S/C23H29N3O6S/c1-16(22(27)25-20-8-4-5-9-21(20)32-3)24-23(28)17-7-6-14-26(15-17)33(29,30)19-12-10-18(31-2)11-13-19/h4-5,8-13,16-17H,6-7,14-15H2,1-3H3,(H,24,28)(H,25,27). The van der Waals surface area contributed by atoms with Crippen LogP contribution in [0.15, 0.2) is 53.4 Å². The average Bonchev–Trinajstić information content (AvgIpc) is 2.84. The van der Waals surface area contributed by atoms with E-state index in [1.54, 1.807) is 43.3 Å². The first kappa shape index (κ1) is 24.5. The number of rotatable bonds is 8. The van der Waals surface area contributed by atoms with Crippen LogP contribution >= 0.6 is 0 Å². The molecule has 0 aromatic heterocycles. The molecule has 10 heteroatoms. The molecule has 1 aliphatic heterocycles. The second-order valence-electron chi connectivity index (χ2n) is 7.80. The van der Waals surface area contributed by atoms with Crippen molar-refractivity contribution in [2.45, 2.75) is 30.7 Å². The number of carbonyl (C=O) groups is 2. The van der Waals surface area contributed by atoms with Crippen LogP contribution in [0.4, 0.5) is 5.69 Å². The first-order valence-corrected chi connectivity index (χ1v) is 12.1. The number of ether oxygens (including phenoxy) is 2. The average molecular weight is 476 g/mol. The predicted octanol–water partition coefficient (Wildman–Crippen LogP) is 2.25. The molecule has 0 spiro atoms. The Morgan fingerprint density at radius 2 is 1.76 bits per heavy atom. The van der Waals surface area contributed by atoms with Crippen LogP contribution in [0, 0.1) is 5.92 Å². The Morgan fingerprint density at radius 1 is 1.06 bits per heavy atom. The smallest absolute Gasteiger partial charge is 0.246 e. The first-order valence-electron chi connectivity index (χ1n) is 10.6. The Bertz CT molecular complexity index is 1090. The number of nitrogens with one attached hydrogen (secondary N) is 2. The highest BCUT2D eigenvalue weighted by molar-refractivity contribution is 7.89. The summed E-state index contributed by atoms with van der Waals surface area (Å²) in [6.45, 7) is 1.97. The fraction of sp³-hybridized carbons (Fsp3) is 0.391. The van der Waals surface area contributed by atoms with Crippen LogP contribution in [-0.2, 0) is 19.6 Å². The van der Waals surface area contributed by atoms with Gasteiger partial charge in [-0.3, -0.25) is 9.59 Å². The molecular formula is C23H29N3O6S. The highest BCUT2D eigenvalue weighted by Crippen LogP contribution is 2.26. The first-order chi connectivity index (χ1) is 15.8. The molecule has 33 heavy (non-hydrogen) atoms. The second-order valence-corrected chi connectivity index (χ2v) is 9.74. The van der Waals surface area contributed by atoms with Gasteiger partial charge in [0.2, 0.25) is 21.8 Å². The number of sulfonamides is 1. The van der Waals surface area contributed by atoms with Crippen LogP contribution in [0.3, 0.4) is 0 Å². The molecule has 1 fully saturated rings. The van der Waals surface area contributed by atoms with Gasteiger partial charge < -0.3 is 20.1 Å². The van der Waals surface area contributed by atoms with Gasteiger partial charge in [-0.1, -0.05) is 12.1 Å². The summed E-state index contributed by atoms with van der Waals surface area (Å²) in [6.07, 6.45) is 1.09. The van der Waals surface area contributed by atoms with E-state index in [0.717, 1.165) is 0 Å². The number of methoxy groups -OCH3 is 2. The molecule has 2 aromatic carbocycles. The van der Waals surface area contributed by atoms with Gasteiger partial charge in [0.15, 0.2) is 0 Å². The number of nitrogens with zero attached hydrogens (tertiary/aromatic N) is 1. The van der Waals surface area contributed by atoms with E-state index in [2.05, 4.69) is 10.6 Å². The van der Waals surface area contributed by atoms with Gasteiger partial charge in [0.05, 0.1) is 30.7 Å². The van der Waals surface area contributed by atoms with Crippen molar-refractivity contribution in [3.8, 4) is 11.5 Å². The largest absolute Gasteiger partial charge is 0.497 e. The number of anilines is 1. The molecule has 2 N–H and O–H groups in total. The number of piperidine rings is 1. The predicted molar refractivity (Wildman–Crippen MR) is 124 cm³/mol. The number of para-hydroxylation sites is 2. The molecule has 0 aliphatic carbocycles. The summed E-state index contributed by atoms with van der Waals surface area (Å²) in [7, 11) is -0.728. The lowest BCUT2D eigenvalue weighted by atomic mass is 9.98. The van der Waals surface area contributed by atoms with Crippen LogP contribution in [-0.4, -0.2) is 57.9 Å². The van der Waals surface area contributed by atoms with Crippen molar-refractivity contribution in [2.24, 2.45) is 5.92 Å². The van der Waals surface area contributed by atoms with Crippen molar-refractivity contribution >= 4 is 27.5 Å². The highest BCUT2D eigenvalue weighted by atomic mass is 32.2.